The van der Waals surface area contributed by atoms with E-state index in [1.165, 1.54) is 64.2 Å². The Kier molecular flexibility index (Phi) is 7.39. The molecular weight excluding hydrogens is 216 g/mol. The van der Waals surface area contributed by atoms with Crippen LogP contribution >= 0.6 is 0 Å². The van der Waals surface area contributed by atoms with Crippen LogP contribution in [-0.4, -0.2) is 0 Å². The molecule has 1 aliphatic carbocycles. The van der Waals surface area contributed by atoms with Gasteiger partial charge in [-0.3, -0.25) is 0 Å². The summed E-state index contributed by atoms with van der Waals surface area (Å²) in [4.78, 5) is 0. The van der Waals surface area contributed by atoms with Crippen LogP contribution in [0.4, 0.5) is 0 Å². The highest BCUT2D eigenvalue weighted by molar-refractivity contribution is 5.29. The van der Waals surface area contributed by atoms with E-state index in [4.69, 9.17) is 0 Å². The van der Waals surface area contributed by atoms with Crippen LogP contribution in [0.2, 0.25) is 0 Å². The Hall–Kier alpha value is -0.520. The fourth-order valence-corrected chi connectivity index (χ4v) is 3.24. The van der Waals surface area contributed by atoms with Crippen LogP contribution in [0.5, 0.6) is 0 Å². The van der Waals surface area contributed by atoms with Crippen LogP contribution in [0, 0.1) is 5.41 Å². The van der Waals surface area contributed by atoms with Crippen LogP contribution in [0.15, 0.2) is 23.8 Å². The summed E-state index contributed by atoms with van der Waals surface area (Å²) in [5, 5.41) is 0. The maximum absolute atomic E-state index is 2.42. The molecule has 0 atom stereocenters. The Morgan fingerprint density at radius 3 is 1.72 bits per heavy atom. The molecule has 0 heteroatoms. The van der Waals surface area contributed by atoms with Crippen molar-refractivity contribution in [3.63, 3.8) is 0 Å². The largest absolute Gasteiger partial charge is 0.0804 e. The van der Waals surface area contributed by atoms with Crippen LogP contribution in [0.3, 0.4) is 0 Å². The maximum atomic E-state index is 2.42. The number of hydrogen-bond acceptors (Lipinski definition) is 0. The average molecular weight is 248 g/mol. The van der Waals surface area contributed by atoms with E-state index in [0.717, 1.165) is 0 Å². The first kappa shape index (κ1) is 15.5. The van der Waals surface area contributed by atoms with Gasteiger partial charge in [0, 0.05) is 0 Å². The quantitative estimate of drug-likeness (QED) is 0.418. The molecule has 0 unspecified atom stereocenters. The third-order valence-corrected chi connectivity index (χ3v) is 4.48. The monoisotopic (exact) mass is 248 g/mol. The molecule has 1 aliphatic rings. The minimum Gasteiger partial charge on any atom is -0.0804 e. The second-order valence-electron chi connectivity index (χ2n) is 5.92. The predicted molar refractivity (Wildman–Crippen MR) is 82.8 cm³/mol. The molecule has 0 saturated heterocycles. The van der Waals surface area contributed by atoms with E-state index in [1.54, 1.807) is 5.57 Å². The Bertz CT molecular complexity index is 248. The first-order valence-corrected chi connectivity index (χ1v) is 8.15. The van der Waals surface area contributed by atoms with E-state index in [2.05, 4.69) is 39.0 Å². The lowest BCUT2D eigenvalue weighted by atomic mass is 9.68. The molecule has 0 aromatic carbocycles. The zero-order valence-corrected chi connectivity index (χ0v) is 12.8. The summed E-state index contributed by atoms with van der Waals surface area (Å²) in [6, 6.07) is 0. The molecule has 104 valence electrons. The minimum atomic E-state index is 0.533. The number of rotatable bonds is 10. The average Bonchev–Trinajstić information content (AvgIpc) is 2.93. The summed E-state index contributed by atoms with van der Waals surface area (Å²) >= 11 is 0. The lowest BCUT2D eigenvalue weighted by molar-refractivity contribution is 0.250. The normalized spacial score (nSPS) is 15.2. The summed E-state index contributed by atoms with van der Waals surface area (Å²) in [5.74, 6) is 0. The summed E-state index contributed by atoms with van der Waals surface area (Å²) in [6.45, 7) is 6.98. The van der Waals surface area contributed by atoms with Crippen molar-refractivity contribution in [2.24, 2.45) is 5.41 Å². The van der Waals surface area contributed by atoms with Crippen molar-refractivity contribution in [2.45, 2.75) is 85.0 Å². The van der Waals surface area contributed by atoms with E-state index in [1.807, 2.05) is 0 Å². The van der Waals surface area contributed by atoms with Gasteiger partial charge in [0.2, 0.25) is 0 Å². The lowest BCUT2D eigenvalue weighted by Crippen LogP contribution is -2.23. The van der Waals surface area contributed by atoms with Crippen molar-refractivity contribution in [3.8, 4) is 0 Å². The fourth-order valence-electron chi connectivity index (χ4n) is 3.24. The van der Waals surface area contributed by atoms with Gasteiger partial charge in [-0.25, -0.2) is 0 Å². The van der Waals surface area contributed by atoms with Gasteiger partial charge >= 0.3 is 0 Å². The van der Waals surface area contributed by atoms with Gasteiger partial charge in [-0.1, -0.05) is 83.1 Å². The molecule has 1 rings (SSSR count). The van der Waals surface area contributed by atoms with E-state index >= 15 is 0 Å². The molecule has 0 amide bonds. The standard InChI is InChI=1S/C18H32/c1-4-7-14-18(15-8-5-2,16-9-6-3)17-12-10-11-13-17/h10-12H,4-9,13-16H2,1-3H3. The molecule has 0 heterocycles. The van der Waals surface area contributed by atoms with Gasteiger partial charge in [-0.15, -0.1) is 0 Å². The van der Waals surface area contributed by atoms with Crippen molar-refractivity contribution in [3.05, 3.63) is 23.8 Å². The highest BCUT2D eigenvalue weighted by Gasteiger charge is 2.32. The van der Waals surface area contributed by atoms with Crippen molar-refractivity contribution in [2.75, 3.05) is 0 Å². The smallest absolute Gasteiger partial charge is 0.00819 e. The molecule has 0 aromatic heterocycles. The summed E-state index contributed by atoms with van der Waals surface area (Å²) < 4.78 is 0. The van der Waals surface area contributed by atoms with E-state index in [-0.39, 0.29) is 0 Å². The Morgan fingerprint density at radius 2 is 1.39 bits per heavy atom. The second kappa shape index (κ2) is 8.56. The molecule has 0 saturated carbocycles. The van der Waals surface area contributed by atoms with Crippen LogP contribution in [0.25, 0.3) is 0 Å². The van der Waals surface area contributed by atoms with Gasteiger partial charge in [-0.05, 0) is 31.1 Å². The van der Waals surface area contributed by atoms with Crippen molar-refractivity contribution in [1.82, 2.24) is 0 Å². The van der Waals surface area contributed by atoms with E-state index in [9.17, 15) is 0 Å². The van der Waals surface area contributed by atoms with Gasteiger partial charge in [-0.2, -0.15) is 0 Å². The Balaban J connectivity index is 2.76. The highest BCUT2D eigenvalue weighted by Crippen LogP contribution is 2.45. The summed E-state index contributed by atoms with van der Waals surface area (Å²) in [5.41, 5.74) is 2.27. The predicted octanol–water partition coefficient (Wildman–Crippen LogP) is 6.43. The molecule has 0 N–H and O–H groups in total. The van der Waals surface area contributed by atoms with Crippen molar-refractivity contribution < 1.29 is 0 Å². The van der Waals surface area contributed by atoms with Crippen LogP contribution in [0.1, 0.15) is 85.0 Å². The first-order chi connectivity index (χ1) is 8.79. The number of allylic oxidation sites excluding steroid dienone is 4. The van der Waals surface area contributed by atoms with Gasteiger partial charge in [0.1, 0.15) is 0 Å². The molecule has 0 spiro atoms. The number of unbranched alkanes of at least 4 members (excludes halogenated alkanes) is 3. The molecule has 0 aliphatic heterocycles. The lowest BCUT2D eigenvalue weighted by Gasteiger charge is -2.36. The number of hydrogen-bond donors (Lipinski definition) is 0. The maximum Gasteiger partial charge on any atom is -0.00819 e. The molecule has 0 fully saturated rings. The Labute approximate surface area is 115 Å². The summed E-state index contributed by atoms with van der Waals surface area (Å²) in [7, 11) is 0. The molecule has 0 radical (unpaired) electrons. The molecule has 18 heavy (non-hydrogen) atoms. The van der Waals surface area contributed by atoms with Gasteiger partial charge in [0.25, 0.3) is 0 Å². The third-order valence-electron chi connectivity index (χ3n) is 4.48. The Morgan fingerprint density at radius 1 is 0.889 bits per heavy atom. The topological polar surface area (TPSA) is 0 Å². The SMILES string of the molecule is CCCCC(CCCC)(CCCC)C1=CC=CC1. The highest BCUT2D eigenvalue weighted by atomic mass is 14.4. The minimum absolute atomic E-state index is 0.533. The van der Waals surface area contributed by atoms with Gasteiger partial charge in [0.05, 0.1) is 0 Å². The zero-order chi connectivity index (χ0) is 13.3. The van der Waals surface area contributed by atoms with Gasteiger partial charge < -0.3 is 0 Å². The van der Waals surface area contributed by atoms with E-state index in [0.29, 0.717) is 5.41 Å². The fraction of sp³-hybridized carbons (Fsp3) is 0.778. The molecule has 0 nitrogen and oxygen atoms in total. The summed E-state index contributed by atoms with van der Waals surface area (Å²) in [6.07, 6.45) is 20.7. The first-order valence-electron chi connectivity index (χ1n) is 8.15. The molecule has 0 aromatic rings. The second-order valence-corrected chi connectivity index (χ2v) is 5.92. The van der Waals surface area contributed by atoms with Crippen LogP contribution < -0.4 is 0 Å². The van der Waals surface area contributed by atoms with Crippen molar-refractivity contribution in [1.29, 1.82) is 0 Å². The van der Waals surface area contributed by atoms with E-state index < -0.39 is 0 Å². The third kappa shape index (κ3) is 4.30. The zero-order valence-electron chi connectivity index (χ0n) is 12.8. The van der Waals surface area contributed by atoms with Gasteiger partial charge in [0.15, 0.2) is 0 Å². The van der Waals surface area contributed by atoms with Crippen molar-refractivity contribution >= 4 is 0 Å². The molecule has 0 bridgehead atoms. The molecular formula is C18H32. The van der Waals surface area contributed by atoms with Crippen LogP contribution in [-0.2, 0) is 0 Å².